The number of rotatable bonds is 54. The van der Waals surface area contributed by atoms with E-state index in [4.69, 9.17) is 4.74 Å². The number of esters is 1. The van der Waals surface area contributed by atoms with Crippen LogP contribution in [0.3, 0.4) is 0 Å². The van der Waals surface area contributed by atoms with Crippen LogP contribution in [0.5, 0.6) is 0 Å². The topological polar surface area (TPSA) is 95.9 Å². The minimum Gasteiger partial charge on any atom is -0.466 e. The first-order valence-electron chi connectivity index (χ1n) is 29.2. The summed E-state index contributed by atoms with van der Waals surface area (Å²) in [5.41, 5.74) is 0. The van der Waals surface area contributed by atoms with Crippen molar-refractivity contribution in [3.63, 3.8) is 0 Å². The monoisotopic (exact) mass is 928 g/mol. The van der Waals surface area contributed by atoms with Crippen LogP contribution in [0.4, 0.5) is 0 Å². The van der Waals surface area contributed by atoms with Crippen LogP contribution in [0.25, 0.3) is 0 Å². The minimum atomic E-state index is -0.674. The van der Waals surface area contributed by atoms with Crippen molar-refractivity contribution >= 4 is 11.9 Å². The largest absolute Gasteiger partial charge is 0.466 e. The predicted octanol–water partition coefficient (Wildman–Crippen LogP) is 18.0. The molecule has 0 aliphatic rings. The highest BCUT2D eigenvalue weighted by molar-refractivity contribution is 5.76. The molecular formula is C60H113NO5. The molecule has 2 unspecified atom stereocenters. The lowest BCUT2D eigenvalue weighted by Gasteiger charge is -2.22. The van der Waals surface area contributed by atoms with Gasteiger partial charge in [-0.1, -0.05) is 256 Å². The number of carbonyl (C=O) groups is 2. The van der Waals surface area contributed by atoms with E-state index >= 15 is 0 Å². The summed E-state index contributed by atoms with van der Waals surface area (Å²) in [5.74, 6) is -0.0600. The van der Waals surface area contributed by atoms with Gasteiger partial charge in [-0.2, -0.15) is 0 Å². The Morgan fingerprint density at radius 1 is 0.424 bits per heavy atom. The summed E-state index contributed by atoms with van der Waals surface area (Å²) in [4.78, 5) is 24.5. The van der Waals surface area contributed by atoms with E-state index in [1.165, 1.54) is 205 Å². The van der Waals surface area contributed by atoms with Gasteiger partial charge in [0.15, 0.2) is 0 Å². The van der Waals surface area contributed by atoms with Crippen LogP contribution in [-0.2, 0) is 14.3 Å². The molecule has 0 radical (unpaired) electrons. The van der Waals surface area contributed by atoms with E-state index in [1.54, 1.807) is 0 Å². The summed E-state index contributed by atoms with van der Waals surface area (Å²) in [5, 5.41) is 23.3. The summed E-state index contributed by atoms with van der Waals surface area (Å²) in [7, 11) is 0. The second-order valence-electron chi connectivity index (χ2n) is 20.0. The van der Waals surface area contributed by atoms with Crippen LogP contribution >= 0.6 is 0 Å². The molecule has 0 spiro atoms. The van der Waals surface area contributed by atoms with E-state index in [0.717, 1.165) is 70.6 Å². The second kappa shape index (κ2) is 55.7. The number of nitrogens with one attached hydrogen (secondary N) is 1. The van der Waals surface area contributed by atoms with Gasteiger partial charge in [0.1, 0.15) is 0 Å². The average molecular weight is 929 g/mol. The highest BCUT2D eigenvalue weighted by Crippen LogP contribution is 2.17. The molecule has 0 aromatic heterocycles. The molecule has 0 aromatic rings. The quantitative estimate of drug-likeness (QED) is 0.0321. The Balaban J connectivity index is 3.46. The molecule has 0 rings (SSSR count). The van der Waals surface area contributed by atoms with Crippen molar-refractivity contribution in [2.45, 2.75) is 321 Å². The molecule has 3 N–H and O–H groups in total. The summed E-state index contributed by atoms with van der Waals surface area (Å²) in [6.45, 7) is 4.90. The maximum Gasteiger partial charge on any atom is 0.305 e. The number of hydrogen-bond acceptors (Lipinski definition) is 5. The van der Waals surface area contributed by atoms with Crippen molar-refractivity contribution in [3.05, 3.63) is 36.5 Å². The van der Waals surface area contributed by atoms with Crippen LogP contribution < -0.4 is 5.32 Å². The van der Waals surface area contributed by atoms with Gasteiger partial charge in [0.05, 0.1) is 25.4 Å². The van der Waals surface area contributed by atoms with E-state index < -0.39 is 12.1 Å². The van der Waals surface area contributed by atoms with E-state index in [9.17, 15) is 19.8 Å². The third-order valence-corrected chi connectivity index (χ3v) is 13.4. The summed E-state index contributed by atoms with van der Waals surface area (Å²) in [6, 6.07) is -0.552. The predicted molar refractivity (Wildman–Crippen MR) is 287 cm³/mol. The fourth-order valence-corrected chi connectivity index (χ4v) is 8.89. The van der Waals surface area contributed by atoms with Crippen molar-refractivity contribution in [2.24, 2.45) is 0 Å². The van der Waals surface area contributed by atoms with Crippen LogP contribution in [-0.4, -0.2) is 47.4 Å². The Morgan fingerprint density at radius 2 is 0.773 bits per heavy atom. The Bertz CT molecular complexity index is 1070. The lowest BCUT2D eigenvalue weighted by Crippen LogP contribution is -2.45. The lowest BCUT2D eigenvalue weighted by atomic mass is 10.0. The van der Waals surface area contributed by atoms with Gasteiger partial charge in [-0.15, -0.1) is 0 Å². The van der Waals surface area contributed by atoms with Crippen molar-refractivity contribution in [1.29, 1.82) is 0 Å². The Labute approximate surface area is 411 Å². The van der Waals surface area contributed by atoms with Gasteiger partial charge in [-0.25, -0.2) is 0 Å². The minimum absolute atomic E-state index is 0.0117. The van der Waals surface area contributed by atoms with Crippen LogP contribution in [0.2, 0.25) is 0 Å². The molecule has 0 aliphatic carbocycles. The molecular weight excluding hydrogens is 815 g/mol. The number of amides is 1. The average Bonchev–Trinajstić information content (AvgIpc) is 3.32. The number of hydrogen-bond donors (Lipinski definition) is 3. The second-order valence-corrected chi connectivity index (χ2v) is 20.0. The summed E-state index contributed by atoms with van der Waals surface area (Å²) in [6.07, 6.45) is 68.4. The molecule has 6 nitrogen and oxygen atoms in total. The van der Waals surface area contributed by atoms with Crippen molar-refractivity contribution < 1.29 is 24.5 Å². The van der Waals surface area contributed by atoms with Crippen LogP contribution in [0.1, 0.15) is 309 Å². The fourth-order valence-electron chi connectivity index (χ4n) is 8.89. The smallest absolute Gasteiger partial charge is 0.305 e. The molecule has 0 heterocycles. The van der Waals surface area contributed by atoms with Crippen LogP contribution in [0.15, 0.2) is 36.5 Å². The molecule has 0 bridgehead atoms. The zero-order valence-electron chi connectivity index (χ0n) is 44.2. The fraction of sp³-hybridized carbons (Fsp3) is 0.867. The molecule has 0 aliphatic heterocycles. The highest BCUT2D eigenvalue weighted by Gasteiger charge is 2.20. The van der Waals surface area contributed by atoms with Gasteiger partial charge in [0.25, 0.3) is 0 Å². The third kappa shape index (κ3) is 51.5. The van der Waals surface area contributed by atoms with Crippen molar-refractivity contribution in [1.82, 2.24) is 5.32 Å². The number of allylic oxidation sites excluding steroid dienone is 6. The van der Waals surface area contributed by atoms with Gasteiger partial charge < -0.3 is 20.3 Å². The van der Waals surface area contributed by atoms with E-state index in [2.05, 4.69) is 55.6 Å². The molecule has 66 heavy (non-hydrogen) atoms. The van der Waals surface area contributed by atoms with E-state index in [1.807, 2.05) is 0 Å². The molecule has 6 heteroatoms. The number of unbranched alkanes of at least 4 members (excludes halogenated alkanes) is 37. The van der Waals surface area contributed by atoms with Crippen molar-refractivity contribution in [3.8, 4) is 0 Å². The van der Waals surface area contributed by atoms with Crippen LogP contribution in [0, 0.1) is 0 Å². The Hall–Kier alpha value is -1.92. The normalized spacial score (nSPS) is 12.8. The first-order chi connectivity index (χ1) is 32.5. The molecule has 0 aromatic carbocycles. The van der Waals surface area contributed by atoms with Crippen molar-refractivity contribution in [2.75, 3.05) is 13.2 Å². The number of ether oxygens (including phenoxy) is 1. The zero-order valence-corrected chi connectivity index (χ0v) is 44.2. The first kappa shape index (κ1) is 64.1. The molecule has 388 valence electrons. The summed E-state index contributed by atoms with van der Waals surface area (Å²) < 4.78 is 5.46. The highest BCUT2D eigenvalue weighted by atomic mass is 16.5. The van der Waals surface area contributed by atoms with Gasteiger partial charge in [-0.05, 0) is 77.0 Å². The zero-order chi connectivity index (χ0) is 47.9. The molecule has 2 atom stereocenters. The number of aliphatic hydroxyl groups is 2. The van der Waals surface area contributed by atoms with Gasteiger partial charge in [0, 0.05) is 12.8 Å². The number of aliphatic hydroxyl groups excluding tert-OH is 2. The third-order valence-electron chi connectivity index (χ3n) is 13.4. The lowest BCUT2D eigenvalue weighted by molar-refractivity contribution is -0.143. The van der Waals surface area contributed by atoms with Gasteiger partial charge >= 0.3 is 5.97 Å². The van der Waals surface area contributed by atoms with Gasteiger partial charge in [0.2, 0.25) is 5.91 Å². The molecule has 1 amide bonds. The van der Waals surface area contributed by atoms with E-state index in [0.29, 0.717) is 25.9 Å². The standard InChI is InChI=1S/C60H113NO5/c1-3-5-7-9-11-13-15-17-19-22-25-28-32-36-40-44-48-52-58(63)57(56-62)61-59(64)53-49-45-41-37-33-29-26-23-20-21-24-27-31-35-39-43-47-51-55-66-60(65)54-50-46-42-38-34-30-18-16-14-12-10-8-6-4-2/h10,12,16,18,23,26,57-58,62-63H,3-9,11,13-15,17,19-22,24-25,27-56H2,1-2H3,(H,61,64)/b12-10-,18-16-,26-23-. The number of carbonyl (C=O) groups excluding carboxylic acids is 2. The maximum absolute atomic E-state index is 12.5. The maximum atomic E-state index is 12.5. The Morgan fingerprint density at radius 3 is 1.21 bits per heavy atom. The molecule has 0 fully saturated rings. The SMILES string of the molecule is CCCC/C=C\C/C=C\CCCCCCCC(=O)OCCCCCCCCCCC/C=C\CCCCCCCC(=O)NC(CO)C(O)CCCCCCCCCCCCCCCCCCC. The molecule has 0 saturated heterocycles. The summed E-state index contributed by atoms with van der Waals surface area (Å²) >= 11 is 0. The first-order valence-corrected chi connectivity index (χ1v) is 29.2. The van der Waals surface area contributed by atoms with Gasteiger partial charge in [-0.3, -0.25) is 9.59 Å². The molecule has 0 saturated carbocycles. The Kier molecular flexibility index (Phi) is 54.1. The van der Waals surface area contributed by atoms with E-state index in [-0.39, 0.29) is 18.5 Å².